The van der Waals surface area contributed by atoms with E-state index in [1.165, 1.54) is 0 Å². The van der Waals surface area contributed by atoms with Gasteiger partial charge in [0, 0.05) is 31.6 Å². The highest BCUT2D eigenvalue weighted by atomic mass is 127. The first kappa shape index (κ1) is 23.6. The van der Waals surface area contributed by atoms with Crippen LogP contribution in [0.4, 0.5) is 5.69 Å². The minimum absolute atomic E-state index is 0. The minimum Gasteiger partial charge on any atom is -0.381 e. The van der Waals surface area contributed by atoms with Gasteiger partial charge in [-0.05, 0) is 30.0 Å². The zero-order valence-corrected chi connectivity index (χ0v) is 19.1. The van der Waals surface area contributed by atoms with Crippen molar-refractivity contribution in [2.45, 2.75) is 38.7 Å². The van der Waals surface area contributed by atoms with Gasteiger partial charge in [0.1, 0.15) is 0 Å². The Bertz CT molecular complexity index is 779. The number of guanidine groups is 1. The maximum Gasteiger partial charge on any atom is 0.193 e. The maximum absolute atomic E-state index is 6.07. The van der Waals surface area contributed by atoms with Gasteiger partial charge >= 0.3 is 0 Å². The summed E-state index contributed by atoms with van der Waals surface area (Å²) in [7, 11) is 1.67. The molecular weight excluding hydrogens is 481 g/mol. The highest BCUT2D eigenvalue weighted by Gasteiger charge is 2.14. The molecule has 2 aromatic carbocycles. The Morgan fingerprint density at radius 3 is 2.66 bits per heavy atom. The summed E-state index contributed by atoms with van der Waals surface area (Å²) < 4.78 is 16.6. The van der Waals surface area contributed by atoms with E-state index in [2.05, 4.69) is 22.4 Å². The molecule has 29 heavy (non-hydrogen) atoms. The number of rotatable bonds is 8. The number of nitrogens with zero attached hydrogens (tertiary/aromatic N) is 1. The maximum atomic E-state index is 6.07. The molecule has 7 heteroatoms. The molecule has 0 bridgehead atoms. The van der Waals surface area contributed by atoms with Crippen LogP contribution < -0.4 is 11.1 Å². The first-order chi connectivity index (χ1) is 13.7. The molecule has 1 heterocycles. The van der Waals surface area contributed by atoms with Gasteiger partial charge in [-0.25, -0.2) is 4.99 Å². The fourth-order valence-electron chi connectivity index (χ4n) is 3.15. The smallest absolute Gasteiger partial charge is 0.193 e. The predicted molar refractivity (Wildman–Crippen MR) is 127 cm³/mol. The summed E-state index contributed by atoms with van der Waals surface area (Å²) in [5.74, 6) is 0.382. The third kappa shape index (κ3) is 7.93. The SMILES string of the molecule is COCc1ccccc1NC(N)=NCc1cccc(COC2CCOCC2)c1.I. The zero-order valence-electron chi connectivity index (χ0n) is 16.8. The number of hydrogen-bond acceptors (Lipinski definition) is 4. The van der Waals surface area contributed by atoms with Crippen molar-refractivity contribution in [3.05, 3.63) is 65.2 Å². The fourth-order valence-corrected chi connectivity index (χ4v) is 3.15. The van der Waals surface area contributed by atoms with Gasteiger partial charge in [0.15, 0.2) is 5.96 Å². The highest BCUT2D eigenvalue weighted by molar-refractivity contribution is 14.0. The number of methoxy groups -OCH3 is 1. The third-order valence-corrected chi connectivity index (χ3v) is 4.66. The van der Waals surface area contributed by atoms with Crippen molar-refractivity contribution >= 4 is 35.6 Å². The average Bonchev–Trinajstić information content (AvgIpc) is 2.73. The van der Waals surface area contributed by atoms with Gasteiger partial charge in [-0.15, -0.1) is 24.0 Å². The van der Waals surface area contributed by atoms with Crippen LogP contribution in [0.25, 0.3) is 0 Å². The molecule has 0 saturated carbocycles. The summed E-state index contributed by atoms with van der Waals surface area (Å²) in [5.41, 5.74) is 10.3. The molecule has 1 saturated heterocycles. The number of nitrogens with one attached hydrogen (secondary N) is 1. The Kier molecular flexibility index (Phi) is 10.4. The van der Waals surface area contributed by atoms with Gasteiger partial charge < -0.3 is 25.3 Å². The first-order valence-corrected chi connectivity index (χ1v) is 9.65. The van der Waals surface area contributed by atoms with Gasteiger partial charge in [-0.2, -0.15) is 0 Å². The van der Waals surface area contributed by atoms with Crippen molar-refractivity contribution in [2.75, 3.05) is 25.6 Å². The third-order valence-electron chi connectivity index (χ3n) is 4.66. The predicted octanol–water partition coefficient (Wildman–Crippen LogP) is 4.07. The Morgan fingerprint density at radius 2 is 1.86 bits per heavy atom. The molecule has 0 aromatic heterocycles. The Labute approximate surface area is 189 Å². The Balaban J connectivity index is 0.00000300. The van der Waals surface area contributed by atoms with Crippen LogP contribution in [0, 0.1) is 0 Å². The van der Waals surface area contributed by atoms with Crippen molar-refractivity contribution in [1.82, 2.24) is 0 Å². The summed E-state index contributed by atoms with van der Waals surface area (Å²) in [4.78, 5) is 4.47. The number of anilines is 1. The molecule has 1 aliphatic rings. The van der Waals surface area contributed by atoms with Crippen LogP contribution in [0.5, 0.6) is 0 Å². The second kappa shape index (κ2) is 12.8. The summed E-state index contributed by atoms with van der Waals surface area (Å²) >= 11 is 0. The fraction of sp³-hybridized carbons (Fsp3) is 0.409. The second-order valence-corrected chi connectivity index (χ2v) is 6.86. The standard InChI is InChI=1S/C22H29N3O3.HI/c1-26-16-19-7-2-3-8-21(19)25-22(23)24-14-17-5-4-6-18(13-17)15-28-20-9-11-27-12-10-20;/h2-8,13,20H,9-12,14-16H2,1H3,(H3,23,24,25);1H. The number of hydrogen-bond donors (Lipinski definition) is 2. The molecule has 0 atom stereocenters. The number of para-hydroxylation sites is 1. The van der Waals surface area contributed by atoms with Gasteiger partial charge in [0.25, 0.3) is 0 Å². The molecule has 1 fully saturated rings. The molecule has 0 radical (unpaired) electrons. The van der Waals surface area contributed by atoms with E-state index < -0.39 is 0 Å². The molecule has 0 unspecified atom stereocenters. The van der Waals surface area contributed by atoms with E-state index >= 15 is 0 Å². The monoisotopic (exact) mass is 511 g/mol. The van der Waals surface area contributed by atoms with E-state index in [4.69, 9.17) is 19.9 Å². The van der Waals surface area contributed by atoms with E-state index in [-0.39, 0.29) is 24.0 Å². The zero-order chi connectivity index (χ0) is 19.6. The molecule has 1 aliphatic heterocycles. The minimum atomic E-state index is 0. The van der Waals surface area contributed by atoms with Crippen LogP contribution in [0.3, 0.4) is 0 Å². The number of benzene rings is 2. The van der Waals surface area contributed by atoms with Crippen LogP contribution in [0.2, 0.25) is 0 Å². The molecule has 6 nitrogen and oxygen atoms in total. The van der Waals surface area contributed by atoms with Crippen molar-refractivity contribution in [3.8, 4) is 0 Å². The van der Waals surface area contributed by atoms with Crippen molar-refractivity contribution in [3.63, 3.8) is 0 Å². The van der Waals surface area contributed by atoms with Crippen LogP contribution in [0.15, 0.2) is 53.5 Å². The van der Waals surface area contributed by atoms with E-state index in [0.29, 0.717) is 31.8 Å². The lowest BCUT2D eigenvalue weighted by atomic mass is 10.1. The van der Waals surface area contributed by atoms with Gasteiger partial charge in [0.05, 0.1) is 25.9 Å². The first-order valence-electron chi connectivity index (χ1n) is 9.65. The molecule has 2 aromatic rings. The van der Waals surface area contributed by atoms with Crippen molar-refractivity contribution in [1.29, 1.82) is 0 Å². The summed E-state index contributed by atoms with van der Waals surface area (Å²) in [5, 5.41) is 3.16. The van der Waals surface area contributed by atoms with Gasteiger partial charge in [-0.3, -0.25) is 0 Å². The van der Waals surface area contributed by atoms with Crippen LogP contribution in [-0.4, -0.2) is 32.4 Å². The van der Waals surface area contributed by atoms with Crippen LogP contribution in [0.1, 0.15) is 29.5 Å². The number of halogens is 1. The molecule has 3 rings (SSSR count). The van der Waals surface area contributed by atoms with Crippen LogP contribution in [-0.2, 0) is 34.0 Å². The van der Waals surface area contributed by atoms with E-state index in [0.717, 1.165) is 48.4 Å². The van der Waals surface area contributed by atoms with E-state index in [9.17, 15) is 0 Å². The molecular formula is C22H30IN3O3. The highest BCUT2D eigenvalue weighted by Crippen LogP contribution is 2.16. The topological polar surface area (TPSA) is 78.1 Å². The summed E-state index contributed by atoms with van der Waals surface area (Å²) in [6.07, 6.45) is 2.23. The van der Waals surface area contributed by atoms with Crippen molar-refractivity contribution < 1.29 is 14.2 Å². The Hall–Kier alpha value is -1.68. The summed E-state index contributed by atoms with van der Waals surface area (Å²) in [6, 6.07) is 16.2. The molecule has 158 valence electrons. The van der Waals surface area contributed by atoms with Crippen molar-refractivity contribution in [2.24, 2.45) is 10.7 Å². The van der Waals surface area contributed by atoms with E-state index in [1.54, 1.807) is 7.11 Å². The molecule has 0 spiro atoms. The largest absolute Gasteiger partial charge is 0.381 e. The lowest BCUT2D eigenvalue weighted by Crippen LogP contribution is -2.23. The Morgan fingerprint density at radius 1 is 1.10 bits per heavy atom. The normalized spacial score (nSPS) is 15.0. The van der Waals surface area contributed by atoms with Crippen LogP contribution >= 0.6 is 24.0 Å². The molecule has 0 amide bonds. The number of aliphatic imine (C=N–C) groups is 1. The second-order valence-electron chi connectivity index (χ2n) is 6.86. The number of nitrogens with two attached hydrogens (primary N) is 1. The quantitative estimate of drug-likeness (QED) is 0.318. The lowest BCUT2D eigenvalue weighted by molar-refractivity contribution is -0.0390. The summed E-state index contributed by atoms with van der Waals surface area (Å²) in [6.45, 7) is 3.22. The van der Waals surface area contributed by atoms with E-state index in [1.807, 2.05) is 36.4 Å². The molecule has 0 aliphatic carbocycles. The van der Waals surface area contributed by atoms with Gasteiger partial charge in [0.2, 0.25) is 0 Å². The van der Waals surface area contributed by atoms with Gasteiger partial charge in [-0.1, -0.05) is 42.5 Å². The lowest BCUT2D eigenvalue weighted by Gasteiger charge is -2.22. The average molecular weight is 511 g/mol. The number of ether oxygens (including phenoxy) is 3. The molecule has 3 N–H and O–H groups in total.